The molecule has 0 amide bonds. The monoisotopic (exact) mass is 764 g/mol. The summed E-state index contributed by atoms with van der Waals surface area (Å²) in [4.78, 5) is 13.2. The Morgan fingerprint density at radius 3 is 2.15 bits per heavy atom. The quantitative estimate of drug-likeness (QED) is 0.176. The Morgan fingerprint density at radius 1 is 0.746 bits per heavy atom. The lowest BCUT2D eigenvalue weighted by Crippen LogP contribution is -2.54. The number of hydrogen-bond acceptors (Lipinski definition) is 5. The first-order valence-corrected chi connectivity index (χ1v) is 21.3. The number of nitrogens with zero attached hydrogens (tertiary/aromatic N) is 4. The summed E-state index contributed by atoms with van der Waals surface area (Å²) in [5, 5.41) is 18.2. The van der Waals surface area contributed by atoms with Gasteiger partial charge in [-0.15, -0.1) is 0 Å². The summed E-state index contributed by atoms with van der Waals surface area (Å²) in [5.74, 6) is 0.455. The molecule has 13 rings (SSSR count). The maximum absolute atomic E-state index is 5.36. The molecule has 7 aromatic rings. The molecule has 6 aliphatic rings. The standard InChI is InChI=1S/C53H44N6/c1-53(2)40-19-11-17-36-38(42-27-56-48(29-54-42)58-44-21-7-3-13-32(44)33-14-4-8-22-45(33)58)25-31-26-39(37-18-12-20-41(53)52(37)50(31)51(36)40)43-28-57-49(30-55-43)59-46-23-9-5-15-34(46)35-16-6-10-24-47(35)59/h3-5,7-15,17-28,34,46,48-49,55,57H,6,16,29-30H2,1-2H3. The molecule has 6 aromatic carbocycles. The zero-order valence-electron chi connectivity index (χ0n) is 33.3. The van der Waals surface area contributed by atoms with Crippen molar-refractivity contribution in [2.24, 2.45) is 15.9 Å². The normalized spacial score (nSPS) is 23.7. The zero-order valence-corrected chi connectivity index (χ0v) is 33.3. The highest BCUT2D eigenvalue weighted by molar-refractivity contribution is 6.43. The molecule has 1 aromatic heterocycles. The summed E-state index contributed by atoms with van der Waals surface area (Å²) >= 11 is 0. The summed E-state index contributed by atoms with van der Waals surface area (Å²) < 4.78 is 2.37. The molecular weight excluding hydrogens is 721 g/mol. The molecule has 0 saturated carbocycles. The molecule has 59 heavy (non-hydrogen) atoms. The largest absolute Gasteiger partial charge is 0.379 e. The van der Waals surface area contributed by atoms with Crippen LogP contribution in [0, 0.1) is 5.92 Å². The maximum Gasteiger partial charge on any atom is 0.145 e. The molecule has 4 heterocycles. The van der Waals surface area contributed by atoms with E-state index in [2.05, 4.69) is 174 Å². The van der Waals surface area contributed by atoms with Gasteiger partial charge in [0.1, 0.15) is 12.3 Å². The second-order valence-electron chi connectivity index (χ2n) is 17.6. The Hall–Kier alpha value is -6.66. The van der Waals surface area contributed by atoms with Gasteiger partial charge >= 0.3 is 0 Å². The Labute approximate surface area is 343 Å². The first-order chi connectivity index (χ1) is 29.0. The summed E-state index contributed by atoms with van der Waals surface area (Å²) in [7, 11) is 0. The predicted octanol–water partition coefficient (Wildman–Crippen LogP) is 10.8. The molecule has 0 radical (unpaired) electrons. The summed E-state index contributed by atoms with van der Waals surface area (Å²) in [6, 6.07) is 36.3. The van der Waals surface area contributed by atoms with E-state index >= 15 is 0 Å². The molecule has 4 unspecified atom stereocenters. The van der Waals surface area contributed by atoms with Gasteiger partial charge in [-0.2, -0.15) is 0 Å². The van der Waals surface area contributed by atoms with Crippen LogP contribution in [0.4, 0.5) is 0 Å². The number of benzene rings is 6. The van der Waals surface area contributed by atoms with Crippen LogP contribution in [0.1, 0.15) is 55.1 Å². The molecule has 2 N–H and O–H groups in total. The average molecular weight is 765 g/mol. The van der Waals surface area contributed by atoms with E-state index in [4.69, 9.17) is 9.98 Å². The van der Waals surface area contributed by atoms with Gasteiger partial charge in [-0.05, 0) is 92.2 Å². The summed E-state index contributed by atoms with van der Waals surface area (Å²) in [5.41, 5.74) is 12.4. The minimum Gasteiger partial charge on any atom is -0.379 e. The van der Waals surface area contributed by atoms with E-state index < -0.39 is 0 Å². The van der Waals surface area contributed by atoms with Gasteiger partial charge in [0, 0.05) is 51.3 Å². The first kappa shape index (κ1) is 33.3. The van der Waals surface area contributed by atoms with Crippen LogP contribution >= 0.6 is 0 Å². The van der Waals surface area contributed by atoms with Gasteiger partial charge in [-0.3, -0.25) is 9.98 Å². The van der Waals surface area contributed by atoms with Crippen LogP contribution in [0.5, 0.6) is 0 Å². The van der Waals surface area contributed by atoms with Crippen LogP contribution in [0.15, 0.2) is 161 Å². The Bertz CT molecular complexity index is 3180. The number of nitrogens with one attached hydrogen (secondary N) is 2. The Morgan fingerprint density at radius 2 is 1.44 bits per heavy atom. The minimum atomic E-state index is -0.189. The van der Waals surface area contributed by atoms with Crippen LogP contribution in [-0.4, -0.2) is 46.7 Å². The van der Waals surface area contributed by atoms with Crippen molar-refractivity contribution in [3.05, 3.63) is 173 Å². The van der Waals surface area contributed by atoms with E-state index in [9.17, 15) is 0 Å². The fourth-order valence-electron chi connectivity index (χ4n) is 11.6. The van der Waals surface area contributed by atoms with E-state index in [1.165, 1.54) is 76.5 Å². The van der Waals surface area contributed by atoms with Gasteiger partial charge in [0.2, 0.25) is 0 Å². The number of aliphatic imine (C=N–C) groups is 2. The molecule has 0 saturated heterocycles. The van der Waals surface area contributed by atoms with Crippen molar-refractivity contribution in [2.45, 2.75) is 50.5 Å². The van der Waals surface area contributed by atoms with Crippen LogP contribution in [-0.2, 0) is 5.41 Å². The molecule has 0 fully saturated rings. The lowest BCUT2D eigenvalue weighted by atomic mass is 9.68. The molecular formula is C53H44N6. The van der Waals surface area contributed by atoms with Gasteiger partial charge in [-0.25, -0.2) is 0 Å². The second-order valence-corrected chi connectivity index (χ2v) is 17.6. The molecule has 6 heteroatoms. The lowest BCUT2D eigenvalue weighted by molar-refractivity contribution is 0.199. The third kappa shape index (κ3) is 4.57. The van der Waals surface area contributed by atoms with Crippen LogP contribution in [0.2, 0.25) is 0 Å². The molecule has 286 valence electrons. The van der Waals surface area contributed by atoms with E-state index in [0.29, 0.717) is 18.5 Å². The van der Waals surface area contributed by atoms with Gasteiger partial charge in [0.25, 0.3) is 0 Å². The van der Waals surface area contributed by atoms with E-state index in [1.54, 1.807) is 5.57 Å². The topological polar surface area (TPSA) is 56.9 Å². The molecule has 3 aliphatic heterocycles. The van der Waals surface area contributed by atoms with Gasteiger partial charge in [0.05, 0.1) is 41.6 Å². The van der Waals surface area contributed by atoms with Crippen molar-refractivity contribution < 1.29 is 0 Å². The minimum absolute atomic E-state index is 0.114. The van der Waals surface area contributed by atoms with Crippen molar-refractivity contribution in [1.82, 2.24) is 20.1 Å². The van der Waals surface area contributed by atoms with Crippen molar-refractivity contribution in [3.63, 3.8) is 0 Å². The average Bonchev–Trinajstić information content (AvgIpc) is 3.81. The third-order valence-electron chi connectivity index (χ3n) is 14.3. The lowest BCUT2D eigenvalue weighted by Gasteiger charge is -2.40. The van der Waals surface area contributed by atoms with Gasteiger partial charge in [-0.1, -0.05) is 117 Å². The van der Waals surface area contributed by atoms with Crippen molar-refractivity contribution in [3.8, 4) is 0 Å². The van der Waals surface area contributed by atoms with E-state index in [-0.39, 0.29) is 17.7 Å². The van der Waals surface area contributed by atoms with Crippen molar-refractivity contribution in [1.29, 1.82) is 0 Å². The molecule has 3 aliphatic carbocycles. The van der Waals surface area contributed by atoms with Crippen LogP contribution in [0.3, 0.4) is 0 Å². The number of allylic oxidation sites excluding steroid dienone is 4. The van der Waals surface area contributed by atoms with Crippen molar-refractivity contribution in [2.75, 3.05) is 13.1 Å². The number of fused-ring (bicyclic) bond motifs is 5. The Kier molecular flexibility index (Phi) is 6.88. The van der Waals surface area contributed by atoms with E-state index in [0.717, 1.165) is 36.4 Å². The highest BCUT2D eigenvalue weighted by atomic mass is 15.3. The maximum atomic E-state index is 5.36. The number of para-hydroxylation sites is 2. The smallest absolute Gasteiger partial charge is 0.145 e. The third-order valence-corrected chi connectivity index (χ3v) is 14.3. The molecule has 0 bridgehead atoms. The molecule has 0 spiro atoms. The van der Waals surface area contributed by atoms with Crippen LogP contribution < -0.4 is 10.6 Å². The second kappa shape index (κ2) is 12.2. The zero-order chi connectivity index (χ0) is 39.0. The fraction of sp³-hybridized carbons (Fsp3) is 0.208. The first-order valence-electron chi connectivity index (χ1n) is 21.3. The van der Waals surface area contributed by atoms with Gasteiger partial charge < -0.3 is 20.1 Å². The molecule has 6 nitrogen and oxygen atoms in total. The fourth-order valence-corrected chi connectivity index (χ4v) is 11.6. The SMILES string of the molecule is CC1(C)c2cccc3c(C4=CNC(N5C6=C(CCC=C6)C6C=CC=CC65)CN4)cc4cc(C5=NCC(n6c7ccccc7c7ccccc76)N=C5)c5cccc1c5c4c23. The van der Waals surface area contributed by atoms with Crippen LogP contribution in [0.25, 0.3) is 59.8 Å². The highest BCUT2D eigenvalue weighted by Gasteiger charge is 2.42. The summed E-state index contributed by atoms with van der Waals surface area (Å²) in [6.07, 6.45) is 20.5. The van der Waals surface area contributed by atoms with Gasteiger partial charge in [0.15, 0.2) is 0 Å². The number of hydrogen-bond donors (Lipinski definition) is 2. The number of aromatic nitrogens is 1. The highest BCUT2D eigenvalue weighted by Crippen LogP contribution is 2.51. The Balaban J connectivity index is 0.934. The number of rotatable bonds is 4. The predicted molar refractivity (Wildman–Crippen MR) is 245 cm³/mol. The van der Waals surface area contributed by atoms with E-state index in [1.807, 2.05) is 6.21 Å². The molecule has 4 atom stereocenters. The summed E-state index contributed by atoms with van der Waals surface area (Å²) in [6.45, 7) is 6.17. The van der Waals surface area contributed by atoms with Crippen molar-refractivity contribution >= 4 is 71.7 Å².